The van der Waals surface area contributed by atoms with Crippen molar-refractivity contribution in [1.29, 1.82) is 5.26 Å². The Bertz CT molecular complexity index is 472. The third kappa shape index (κ3) is 2.41. The van der Waals surface area contributed by atoms with Gasteiger partial charge in [-0.2, -0.15) is 9.65 Å². The number of carboxylic acid groups (broad SMARTS) is 1. The molecule has 0 aliphatic carbocycles. The Kier molecular flexibility index (Phi) is 3.19. The van der Waals surface area contributed by atoms with E-state index >= 15 is 0 Å². The zero-order valence-corrected chi connectivity index (χ0v) is 7.99. The number of aliphatic carboxylic acids is 1. The minimum atomic E-state index is -1.60. The Balaban J connectivity index is 3.23. The zero-order valence-electron chi connectivity index (χ0n) is 7.99. The van der Waals surface area contributed by atoms with E-state index in [4.69, 9.17) is 10.4 Å². The maximum atomic E-state index is 13.0. The lowest BCUT2D eigenvalue weighted by Gasteiger charge is -2.01. The summed E-state index contributed by atoms with van der Waals surface area (Å²) in [6.07, 6.45) is 0. The number of hydrogen-bond acceptors (Lipinski definition) is 2. The first-order valence-corrected chi connectivity index (χ1v) is 4.16. The number of nitrogens with zero attached hydrogens (tertiary/aromatic N) is 1. The maximum absolute atomic E-state index is 13.0. The first-order valence-electron chi connectivity index (χ1n) is 4.16. The highest BCUT2D eigenvalue weighted by Gasteiger charge is 2.11. The average Bonchev–Trinajstić information content (AvgIpc) is 2.27. The van der Waals surface area contributed by atoms with Gasteiger partial charge in [-0.05, 0) is 30.2 Å². The van der Waals surface area contributed by atoms with Gasteiger partial charge in [0.25, 0.3) is 0 Å². The molecule has 76 valence electrons. The molecule has 0 amide bonds. The first-order chi connectivity index (χ1) is 7.06. The van der Waals surface area contributed by atoms with Crippen molar-refractivity contribution in [3.63, 3.8) is 0 Å². The summed E-state index contributed by atoms with van der Waals surface area (Å²) < 4.78 is 13.0. The van der Waals surface area contributed by atoms with Crippen molar-refractivity contribution >= 4 is 11.5 Å². The molecular formula is C11H8FNO2. The number of benzene rings is 1. The third-order valence-electron chi connectivity index (χ3n) is 1.94. The van der Waals surface area contributed by atoms with Crippen LogP contribution in [-0.2, 0) is 4.79 Å². The lowest BCUT2D eigenvalue weighted by Crippen LogP contribution is -1.98. The van der Waals surface area contributed by atoms with Crippen molar-refractivity contribution in [2.45, 2.75) is 6.92 Å². The van der Waals surface area contributed by atoms with E-state index in [9.17, 15) is 9.18 Å². The Morgan fingerprint density at radius 3 is 2.73 bits per heavy atom. The smallest absolute Gasteiger partial charge is 0.365 e. The summed E-state index contributed by atoms with van der Waals surface area (Å²) in [7, 11) is 0. The number of nitriles is 1. The molecule has 0 bridgehead atoms. The van der Waals surface area contributed by atoms with Gasteiger partial charge in [-0.25, -0.2) is 4.79 Å². The Morgan fingerprint density at radius 1 is 1.53 bits per heavy atom. The van der Waals surface area contributed by atoms with Crippen LogP contribution in [-0.4, -0.2) is 11.1 Å². The monoisotopic (exact) mass is 205 g/mol. The normalized spacial score (nSPS) is 11.5. The van der Waals surface area contributed by atoms with Crippen molar-refractivity contribution in [2.75, 3.05) is 0 Å². The van der Waals surface area contributed by atoms with Gasteiger partial charge in [0.05, 0.1) is 11.6 Å². The molecule has 0 aliphatic heterocycles. The van der Waals surface area contributed by atoms with Crippen LogP contribution in [0.2, 0.25) is 0 Å². The van der Waals surface area contributed by atoms with Crippen LogP contribution in [0.15, 0.2) is 30.1 Å². The molecule has 0 spiro atoms. The number of carbonyl (C=O) groups is 1. The largest absolute Gasteiger partial charge is 0.476 e. The summed E-state index contributed by atoms with van der Waals surface area (Å²) in [4.78, 5) is 10.4. The summed E-state index contributed by atoms with van der Waals surface area (Å²) in [5.41, 5.74) is 0.776. The molecule has 0 radical (unpaired) electrons. The molecule has 0 aliphatic rings. The van der Waals surface area contributed by atoms with E-state index < -0.39 is 11.8 Å². The van der Waals surface area contributed by atoms with E-state index in [1.165, 1.54) is 13.0 Å². The van der Waals surface area contributed by atoms with Gasteiger partial charge in [-0.1, -0.05) is 12.1 Å². The molecule has 0 heterocycles. The van der Waals surface area contributed by atoms with Crippen molar-refractivity contribution in [3.8, 4) is 6.07 Å². The Morgan fingerprint density at radius 2 is 2.20 bits per heavy atom. The van der Waals surface area contributed by atoms with Crippen LogP contribution < -0.4 is 0 Å². The van der Waals surface area contributed by atoms with Crippen molar-refractivity contribution in [1.82, 2.24) is 0 Å². The fraction of sp³-hybridized carbons (Fsp3) is 0.0909. The van der Waals surface area contributed by atoms with E-state index in [1.807, 2.05) is 6.07 Å². The van der Waals surface area contributed by atoms with Crippen LogP contribution in [0.4, 0.5) is 4.39 Å². The van der Waals surface area contributed by atoms with Crippen LogP contribution in [0.3, 0.4) is 0 Å². The highest BCUT2D eigenvalue weighted by Crippen LogP contribution is 2.20. The fourth-order valence-electron chi connectivity index (χ4n) is 1.11. The van der Waals surface area contributed by atoms with E-state index in [2.05, 4.69) is 0 Å². The zero-order chi connectivity index (χ0) is 11.4. The van der Waals surface area contributed by atoms with Gasteiger partial charge in [0, 0.05) is 0 Å². The standard InChI is InChI=1S/C11H8FNO2/c1-7(10(12)11(14)15)9-4-2-3-8(5-9)6-13/h2-5H,1H3,(H,14,15)/b10-7-. The predicted molar refractivity (Wildman–Crippen MR) is 52.5 cm³/mol. The van der Waals surface area contributed by atoms with Gasteiger partial charge >= 0.3 is 5.97 Å². The highest BCUT2D eigenvalue weighted by atomic mass is 19.1. The van der Waals surface area contributed by atoms with E-state index in [-0.39, 0.29) is 5.57 Å². The van der Waals surface area contributed by atoms with Crippen LogP contribution in [0, 0.1) is 11.3 Å². The lowest BCUT2D eigenvalue weighted by atomic mass is 10.0. The molecule has 0 atom stereocenters. The molecule has 1 N–H and O–H groups in total. The molecule has 1 aromatic rings. The molecule has 0 aromatic heterocycles. The minimum Gasteiger partial charge on any atom is -0.476 e. The molecule has 0 saturated heterocycles. The summed E-state index contributed by atoms with van der Waals surface area (Å²) in [5, 5.41) is 17.1. The highest BCUT2D eigenvalue weighted by molar-refractivity contribution is 5.93. The molecule has 0 unspecified atom stereocenters. The summed E-state index contributed by atoms with van der Waals surface area (Å²) in [6.45, 7) is 1.36. The predicted octanol–water partition coefficient (Wildman–Crippen LogP) is 2.34. The van der Waals surface area contributed by atoms with Gasteiger partial charge in [0.2, 0.25) is 5.83 Å². The van der Waals surface area contributed by atoms with Crippen molar-refractivity contribution in [3.05, 3.63) is 41.2 Å². The van der Waals surface area contributed by atoms with E-state index in [0.717, 1.165) is 0 Å². The summed E-state index contributed by atoms with van der Waals surface area (Å²) >= 11 is 0. The topological polar surface area (TPSA) is 61.1 Å². The van der Waals surface area contributed by atoms with E-state index in [1.54, 1.807) is 18.2 Å². The summed E-state index contributed by atoms with van der Waals surface area (Å²) in [5.74, 6) is -2.81. The number of rotatable bonds is 2. The second-order valence-electron chi connectivity index (χ2n) is 2.94. The molecule has 0 fully saturated rings. The second kappa shape index (κ2) is 4.38. The minimum absolute atomic E-state index is 0.0135. The maximum Gasteiger partial charge on any atom is 0.365 e. The van der Waals surface area contributed by atoms with Crippen molar-refractivity contribution < 1.29 is 14.3 Å². The Hall–Kier alpha value is -2.15. The first kappa shape index (κ1) is 10.9. The number of carboxylic acids is 1. The van der Waals surface area contributed by atoms with Crippen LogP contribution >= 0.6 is 0 Å². The molecule has 1 aromatic carbocycles. The third-order valence-corrected chi connectivity index (χ3v) is 1.94. The molecule has 0 saturated carbocycles. The average molecular weight is 205 g/mol. The molecule has 15 heavy (non-hydrogen) atoms. The SMILES string of the molecule is C/C(=C(/F)C(=O)O)c1cccc(C#N)c1. The van der Waals surface area contributed by atoms with E-state index in [0.29, 0.717) is 11.1 Å². The molecule has 3 nitrogen and oxygen atoms in total. The molecular weight excluding hydrogens is 197 g/mol. The van der Waals surface area contributed by atoms with Crippen LogP contribution in [0.25, 0.3) is 5.57 Å². The molecule has 4 heteroatoms. The number of halogens is 1. The van der Waals surface area contributed by atoms with Gasteiger partial charge in [0.15, 0.2) is 0 Å². The quantitative estimate of drug-likeness (QED) is 0.754. The van der Waals surface area contributed by atoms with Crippen LogP contribution in [0.5, 0.6) is 0 Å². The summed E-state index contributed by atoms with van der Waals surface area (Å²) in [6, 6.07) is 8.04. The van der Waals surface area contributed by atoms with Crippen molar-refractivity contribution in [2.24, 2.45) is 0 Å². The number of hydrogen-bond donors (Lipinski definition) is 1. The second-order valence-corrected chi connectivity index (χ2v) is 2.94. The van der Waals surface area contributed by atoms with Gasteiger partial charge in [0.1, 0.15) is 0 Å². The Labute approximate surface area is 86.1 Å². The van der Waals surface area contributed by atoms with Crippen LogP contribution in [0.1, 0.15) is 18.1 Å². The molecule has 1 rings (SSSR count). The fourth-order valence-corrected chi connectivity index (χ4v) is 1.11. The van der Waals surface area contributed by atoms with Gasteiger partial charge in [-0.15, -0.1) is 0 Å². The number of allylic oxidation sites excluding steroid dienone is 1. The van der Waals surface area contributed by atoms with Gasteiger partial charge in [-0.3, -0.25) is 0 Å². The van der Waals surface area contributed by atoms with Gasteiger partial charge < -0.3 is 5.11 Å². The lowest BCUT2D eigenvalue weighted by molar-refractivity contribution is -0.134.